The molecular weight excluding hydrogens is 280 g/mol. The van der Waals surface area contributed by atoms with E-state index in [0.29, 0.717) is 13.0 Å². The lowest BCUT2D eigenvalue weighted by atomic mass is 9.99. The number of thiophene rings is 1. The van der Waals surface area contributed by atoms with E-state index >= 15 is 0 Å². The van der Waals surface area contributed by atoms with Crippen LogP contribution in [0.1, 0.15) is 10.4 Å². The molecule has 0 saturated carbocycles. The maximum atomic E-state index is 12.3. The van der Waals surface area contributed by atoms with Crippen LogP contribution in [0.3, 0.4) is 0 Å². The van der Waals surface area contributed by atoms with Crippen LogP contribution in [0.2, 0.25) is 0 Å². The van der Waals surface area contributed by atoms with Gasteiger partial charge in [0, 0.05) is 18.5 Å². The second-order valence-corrected chi connectivity index (χ2v) is 5.99. The number of nitriles is 1. The molecule has 1 aromatic carbocycles. The van der Waals surface area contributed by atoms with Crippen molar-refractivity contribution < 1.29 is 4.79 Å². The highest BCUT2D eigenvalue weighted by Gasteiger charge is 2.21. The third kappa shape index (κ3) is 4.44. The first-order valence-electron chi connectivity index (χ1n) is 6.91. The number of amides is 1. The molecule has 4 heteroatoms. The van der Waals surface area contributed by atoms with E-state index in [1.54, 1.807) is 23.3 Å². The Morgan fingerprint density at radius 2 is 2.05 bits per heavy atom. The molecule has 0 radical (unpaired) electrons. The van der Waals surface area contributed by atoms with Gasteiger partial charge in [-0.3, -0.25) is 4.79 Å². The topological polar surface area (TPSA) is 44.1 Å². The summed E-state index contributed by atoms with van der Waals surface area (Å²) in [5.41, 5.74) is 1.02. The zero-order valence-corrected chi connectivity index (χ0v) is 12.8. The summed E-state index contributed by atoms with van der Waals surface area (Å²) >= 11 is 1.69. The van der Waals surface area contributed by atoms with Gasteiger partial charge >= 0.3 is 0 Å². The molecule has 1 atom stereocenters. The fourth-order valence-electron chi connectivity index (χ4n) is 2.15. The summed E-state index contributed by atoms with van der Waals surface area (Å²) in [6, 6.07) is 15.9. The number of carbonyl (C=O) groups excluding carboxylic acids is 1. The molecule has 2 rings (SSSR count). The van der Waals surface area contributed by atoms with Gasteiger partial charge in [0.2, 0.25) is 5.91 Å². The van der Waals surface area contributed by atoms with Crippen molar-refractivity contribution in [1.82, 2.24) is 4.90 Å². The van der Waals surface area contributed by atoms with Gasteiger partial charge in [-0.05, 0) is 29.9 Å². The van der Waals surface area contributed by atoms with Crippen LogP contribution in [-0.4, -0.2) is 24.4 Å². The minimum Gasteiger partial charge on any atom is -0.344 e. The zero-order valence-electron chi connectivity index (χ0n) is 12.0. The minimum absolute atomic E-state index is 0.0992. The molecule has 1 amide bonds. The second-order valence-electron chi connectivity index (χ2n) is 4.96. The molecule has 21 heavy (non-hydrogen) atoms. The molecule has 1 heterocycles. The lowest BCUT2D eigenvalue weighted by Gasteiger charge is -2.19. The number of rotatable bonds is 6. The van der Waals surface area contributed by atoms with E-state index in [1.807, 2.05) is 41.8 Å². The molecule has 0 aliphatic heterocycles. The molecule has 0 spiro atoms. The maximum Gasteiger partial charge on any atom is 0.240 e. The van der Waals surface area contributed by atoms with E-state index in [9.17, 15) is 10.1 Å². The van der Waals surface area contributed by atoms with E-state index in [1.165, 1.54) is 4.88 Å². The SMILES string of the molecule is CN(CCc1cccs1)C(=O)C(C#N)Cc1ccccc1. The zero-order chi connectivity index (χ0) is 15.1. The number of hydrogen-bond acceptors (Lipinski definition) is 3. The Labute approximate surface area is 129 Å². The van der Waals surface area contributed by atoms with Crippen molar-refractivity contribution in [2.75, 3.05) is 13.6 Å². The first-order valence-corrected chi connectivity index (χ1v) is 7.79. The van der Waals surface area contributed by atoms with Crippen LogP contribution in [0.4, 0.5) is 0 Å². The van der Waals surface area contributed by atoms with Crippen molar-refractivity contribution in [3.63, 3.8) is 0 Å². The fraction of sp³-hybridized carbons (Fsp3) is 0.294. The second kappa shape index (κ2) is 7.61. The smallest absolute Gasteiger partial charge is 0.240 e. The van der Waals surface area contributed by atoms with E-state index in [-0.39, 0.29) is 5.91 Å². The minimum atomic E-state index is -0.610. The molecule has 0 aliphatic carbocycles. The molecule has 108 valence electrons. The normalized spacial score (nSPS) is 11.6. The van der Waals surface area contributed by atoms with Gasteiger partial charge in [0.1, 0.15) is 5.92 Å². The molecule has 0 aliphatic rings. The van der Waals surface area contributed by atoms with Crippen LogP contribution >= 0.6 is 11.3 Å². The predicted molar refractivity (Wildman–Crippen MR) is 84.9 cm³/mol. The molecule has 3 nitrogen and oxygen atoms in total. The molecule has 2 aromatic rings. The average molecular weight is 298 g/mol. The summed E-state index contributed by atoms with van der Waals surface area (Å²) in [6.45, 7) is 0.645. The van der Waals surface area contributed by atoms with Gasteiger partial charge in [-0.25, -0.2) is 0 Å². The van der Waals surface area contributed by atoms with Gasteiger partial charge in [-0.2, -0.15) is 5.26 Å². The average Bonchev–Trinajstić information content (AvgIpc) is 3.04. The Kier molecular flexibility index (Phi) is 5.53. The van der Waals surface area contributed by atoms with E-state index in [0.717, 1.165) is 12.0 Å². The maximum absolute atomic E-state index is 12.3. The van der Waals surface area contributed by atoms with Gasteiger partial charge in [0.15, 0.2) is 0 Å². The standard InChI is InChI=1S/C17H18N2OS/c1-19(10-9-16-8-5-11-21-16)17(20)15(13-18)12-14-6-3-2-4-7-14/h2-8,11,15H,9-10,12H2,1H3. The molecule has 0 fully saturated rings. The van der Waals surface area contributed by atoms with E-state index in [4.69, 9.17) is 0 Å². The first kappa shape index (κ1) is 15.3. The molecular formula is C17H18N2OS. The molecule has 1 unspecified atom stereocenters. The van der Waals surface area contributed by atoms with E-state index < -0.39 is 5.92 Å². The third-order valence-corrected chi connectivity index (χ3v) is 4.32. The highest BCUT2D eigenvalue weighted by Crippen LogP contribution is 2.13. The van der Waals surface area contributed by atoms with Crippen LogP contribution in [0.25, 0.3) is 0 Å². The summed E-state index contributed by atoms with van der Waals surface area (Å²) in [5.74, 6) is -0.710. The van der Waals surface area contributed by atoms with Crippen LogP contribution in [0, 0.1) is 17.2 Å². The van der Waals surface area contributed by atoms with Gasteiger partial charge in [-0.1, -0.05) is 36.4 Å². The van der Waals surface area contributed by atoms with Crippen molar-refractivity contribution in [1.29, 1.82) is 5.26 Å². The highest BCUT2D eigenvalue weighted by atomic mass is 32.1. The predicted octanol–water partition coefficient (Wildman–Crippen LogP) is 3.13. The van der Waals surface area contributed by atoms with Crippen LogP contribution in [0.5, 0.6) is 0 Å². The summed E-state index contributed by atoms with van der Waals surface area (Å²) in [5, 5.41) is 11.3. The largest absolute Gasteiger partial charge is 0.344 e. The van der Waals surface area contributed by atoms with E-state index in [2.05, 4.69) is 12.1 Å². The summed E-state index contributed by atoms with van der Waals surface area (Å²) in [6.07, 6.45) is 1.31. The number of nitrogens with zero attached hydrogens (tertiary/aromatic N) is 2. The van der Waals surface area contributed by atoms with Gasteiger partial charge in [-0.15, -0.1) is 11.3 Å². The van der Waals surface area contributed by atoms with Crippen molar-refractivity contribution in [3.8, 4) is 6.07 Å². The lowest BCUT2D eigenvalue weighted by molar-refractivity contribution is -0.132. The van der Waals surface area contributed by atoms with Crippen LogP contribution < -0.4 is 0 Å². The summed E-state index contributed by atoms with van der Waals surface area (Å²) in [7, 11) is 1.77. The summed E-state index contributed by atoms with van der Waals surface area (Å²) in [4.78, 5) is 15.3. The number of likely N-dealkylation sites (N-methyl/N-ethyl adjacent to an activating group) is 1. The Bertz CT molecular complexity index is 601. The number of hydrogen-bond donors (Lipinski definition) is 0. The van der Waals surface area contributed by atoms with Gasteiger partial charge in [0.05, 0.1) is 6.07 Å². The Balaban J connectivity index is 1.91. The Hall–Kier alpha value is -2.12. The van der Waals surface area contributed by atoms with Crippen molar-refractivity contribution in [3.05, 3.63) is 58.3 Å². The molecule has 0 N–H and O–H groups in total. The first-order chi connectivity index (χ1) is 10.2. The molecule has 0 bridgehead atoms. The van der Waals surface area contributed by atoms with Crippen molar-refractivity contribution in [2.45, 2.75) is 12.8 Å². The van der Waals surface area contributed by atoms with Crippen LogP contribution in [0.15, 0.2) is 47.8 Å². The fourth-order valence-corrected chi connectivity index (χ4v) is 2.85. The highest BCUT2D eigenvalue weighted by molar-refractivity contribution is 7.09. The Morgan fingerprint density at radius 1 is 1.29 bits per heavy atom. The van der Waals surface area contributed by atoms with Gasteiger partial charge in [0.25, 0.3) is 0 Å². The molecule has 0 saturated heterocycles. The third-order valence-electron chi connectivity index (χ3n) is 3.39. The Morgan fingerprint density at radius 3 is 2.67 bits per heavy atom. The molecule has 1 aromatic heterocycles. The number of carbonyl (C=O) groups is 1. The lowest BCUT2D eigenvalue weighted by Crippen LogP contribution is -2.34. The quantitative estimate of drug-likeness (QED) is 0.822. The van der Waals surface area contributed by atoms with Gasteiger partial charge < -0.3 is 4.90 Å². The van der Waals surface area contributed by atoms with Crippen molar-refractivity contribution in [2.24, 2.45) is 5.92 Å². The monoisotopic (exact) mass is 298 g/mol. The van der Waals surface area contributed by atoms with Crippen LogP contribution in [-0.2, 0) is 17.6 Å². The van der Waals surface area contributed by atoms with Crippen molar-refractivity contribution >= 4 is 17.2 Å². The number of benzene rings is 1. The summed E-state index contributed by atoms with van der Waals surface area (Å²) < 4.78 is 0.